The number of hydrogen-bond donors (Lipinski definition) is 0. The predicted molar refractivity (Wildman–Crippen MR) is 94.6 cm³/mol. The van der Waals surface area contributed by atoms with Gasteiger partial charge in [-0.1, -0.05) is 30.3 Å². The van der Waals surface area contributed by atoms with E-state index in [-0.39, 0.29) is 11.7 Å². The van der Waals surface area contributed by atoms with Crippen LogP contribution in [-0.4, -0.2) is 23.6 Å². The van der Waals surface area contributed by atoms with Crippen molar-refractivity contribution >= 4 is 11.7 Å². The summed E-state index contributed by atoms with van der Waals surface area (Å²) in [6, 6.07) is 16.6. The molecule has 3 aromatic rings. The molecule has 0 saturated heterocycles. The second kappa shape index (κ2) is 5.74. The molecule has 1 amide bonds. The first-order valence-corrected chi connectivity index (χ1v) is 8.13. The molecule has 0 unspecified atom stereocenters. The number of benzene rings is 2. The van der Waals surface area contributed by atoms with Crippen LogP contribution in [0.1, 0.15) is 37.8 Å². The Balaban J connectivity index is 1.62. The summed E-state index contributed by atoms with van der Waals surface area (Å²) in [5.41, 5.74) is 3.61. The molecule has 1 heterocycles. The van der Waals surface area contributed by atoms with Crippen LogP contribution in [0.4, 0.5) is 0 Å². The number of furan rings is 1. The molecule has 1 aliphatic rings. The second-order valence-electron chi connectivity index (χ2n) is 6.31. The Morgan fingerprint density at radius 2 is 1.68 bits per heavy atom. The first kappa shape index (κ1) is 15.4. The summed E-state index contributed by atoms with van der Waals surface area (Å²) < 4.78 is 5.53. The van der Waals surface area contributed by atoms with E-state index < -0.39 is 0 Å². The Hall–Kier alpha value is -3.14. The van der Waals surface area contributed by atoms with Gasteiger partial charge >= 0.3 is 0 Å². The van der Waals surface area contributed by atoms with E-state index >= 15 is 0 Å². The minimum Gasteiger partial charge on any atom is -0.464 e. The van der Waals surface area contributed by atoms with Crippen molar-refractivity contribution in [2.75, 3.05) is 7.05 Å². The summed E-state index contributed by atoms with van der Waals surface area (Å²) in [6.07, 6.45) is 0. The molecule has 2 aromatic carbocycles. The molecule has 0 saturated carbocycles. The van der Waals surface area contributed by atoms with Crippen LogP contribution in [0.5, 0.6) is 0 Å². The topological polar surface area (TPSA) is 50.5 Å². The van der Waals surface area contributed by atoms with Gasteiger partial charge in [0, 0.05) is 23.7 Å². The lowest BCUT2D eigenvalue weighted by atomic mass is 10.0. The molecular formula is C21H17NO3. The largest absolute Gasteiger partial charge is 0.464 e. The molecule has 0 atom stereocenters. The van der Waals surface area contributed by atoms with Gasteiger partial charge in [0.2, 0.25) is 0 Å². The monoisotopic (exact) mass is 331 g/mol. The SMILES string of the molecule is Cc1ccc(CN(C)C(=O)c2ccc3c(c2)C(=O)c2ccccc2-3)o1. The third-order valence-corrected chi connectivity index (χ3v) is 4.51. The number of aryl methyl sites for hydroxylation is 1. The summed E-state index contributed by atoms with van der Waals surface area (Å²) in [5, 5.41) is 0. The molecule has 4 rings (SSSR count). The number of nitrogens with zero attached hydrogens (tertiary/aromatic N) is 1. The molecule has 0 aliphatic heterocycles. The van der Waals surface area contributed by atoms with Gasteiger partial charge in [0.1, 0.15) is 11.5 Å². The summed E-state index contributed by atoms with van der Waals surface area (Å²) in [5.74, 6) is 1.39. The highest BCUT2D eigenvalue weighted by Crippen LogP contribution is 2.36. The van der Waals surface area contributed by atoms with Crippen molar-refractivity contribution < 1.29 is 14.0 Å². The molecule has 0 spiro atoms. The maximum Gasteiger partial charge on any atom is 0.254 e. The molecule has 0 bridgehead atoms. The summed E-state index contributed by atoms with van der Waals surface area (Å²) >= 11 is 0. The third kappa shape index (κ3) is 2.56. The normalized spacial score (nSPS) is 12.0. The number of carbonyl (C=O) groups is 2. The highest BCUT2D eigenvalue weighted by Gasteiger charge is 2.27. The first-order valence-electron chi connectivity index (χ1n) is 8.13. The van der Waals surface area contributed by atoms with E-state index in [9.17, 15) is 9.59 Å². The van der Waals surface area contributed by atoms with Crippen LogP contribution >= 0.6 is 0 Å². The van der Waals surface area contributed by atoms with Crippen LogP contribution in [0.15, 0.2) is 59.0 Å². The average molecular weight is 331 g/mol. The number of hydrogen-bond acceptors (Lipinski definition) is 3. The summed E-state index contributed by atoms with van der Waals surface area (Å²) in [6.45, 7) is 2.26. The maximum atomic E-state index is 12.7. The molecule has 4 heteroatoms. The Bertz CT molecular complexity index is 1000. The number of ketones is 1. The van der Waals surface area contributed by atoms with Gasteiger partial charge < -0.3 is 9.32 Å². The summed E-state index contributed by atoms with van der Waals surface area (Å²) in [7, 11) is 1.73. The van der Waals surface area contributed by atoms with Crippen molar-refractivity contribution in [2.24, 2.45) is 0 Å². The molecule has 25 heavy (non-hydrogen) atoms. The van der Waals surface area contributed by atoms with Crippen molar-refractivity contribution in [3.63, 3.8) is 0 Å². The maximum absolute atomic E-state index is 12.7. The number of amides is 1. The Morgan fingerprint density at radius 3 is 2.40 bits per heavy atom. The first-order chi connectivity index (χ1) is 12.0. The molecular weight excluding hydrogens is 314 g/mol. The van der Waals surface area contributed by atoms with Gasteiger partial charge in [-0.05, 0) is 42.3 Å². The fourth-order valence-electron chi connectivity index (χ4n) is 3.26. The van der Waals surface area contributed by atoms with Gasteiger partial charge in [0.25, 0.3) is 5.91 Å². The standard InChI is InChI=1S/C21H17NO3/c1-13-7-9-15(25-13)12-22(2)21(24)14-8-10-17-16-5-3-4-6-18(16)20(23)19(17)11-14/h3-11H,12H2,1-2H3. The molecule has 0 fully saturated rings. The summed E-state index contributed by atoms with van der Waals surface area (Å²) in [4.78, 5) is 26.9. The quantitative estimate of drug-likeness (QED) is 0.568. The van der Waals surface area contributed by atoms with Crippen LogP contribution in [0, 0.1) is 6.92 Å². The van der Waals surface area contributed by atoms with E-state index in [0.717, 1.165) is 22.6 Å². The average Bonchev–Trinajstić information content (AvgIpc) is 3.16. The molecule has 4 nitrogen and oxygen atoms in total. The smallest absolute Gasteiger partial charge is 0.254 e. The lowest BCUT2D eigenvalue weighted by molar-refractivity contribution is 0.0775. The van der Waals surface area contributed by atoms with Crippen molar-refractivity contribution in [3.05, 3.63) is 82.8 Å². The van der Waals surface area contributed by atoms with Crippen molar-refractivity contribution in [1.82, 2.24) is 4.90 Å². The number of rotatable bonds is 3. The Morgan fingerprint density at radius 1 is 0.960 bits per heavy atom. The fourth-order valence-corrected chi connectivity index (χ4v) is 3.26. The second-order valence-corrected chi connectivity index (χ2v) is 6.31. The van der Waals surface area contributed by atoms with Crippen molar-refractivity contribution in [1.29, 1.82) is 0 Å². The van der Waals surface area contributed by atoms with Crippen LogP contribution in [0.2, 0.25) is 0 Å². The number of fused-ring (bicyclic) bond motifs is 3. The highest BCUT2D eigenvalue weighted by molar-refractivity contribution is 6.22. The van der Waals surface area contributed by atoms with Gasteiger partial charge in [0.15, 0.2) is 5.78 Å². The van der Waals surface area contributed by atoms with Crippen molar-refractivity contribution in [3.8, 4) is 11.1 Å². The van der Waals surface area contributed by atoms with E-state index in [1.807, 2.05) is 49.4 Å². The van der Waals surface area contributed by atoms with E-state index in [0.29, 0.717) is 23.2 Å². The Kier molecular flexibility index (Phi) is 3.53. The minimum absolute atomic E-state index is 0.0236. The van der Waals surface area contributed by atoms with Crippen LogP contribution in [0.3, 0.4) is 0 Å². The van der Waals surface area contributed by atoms with Gasteiger partial charge in [-0.2, -0.15) is 0 Å². The zero-order valence-corrected chi connectivity index (χ0v) is 14.1. The van der Waals surface area contributed by atoms with Gasteiger partial charge in [-0.25, -0.2) is 0 Å². The Labute approximate surface area is 145 Å². The third-order valence-electron chi connectivity index (χ3n) is 4.51. The fraction of sp³-hybridized carbons (Fsp3) is 0.143. The predicted octanol–water partition coefficient (Wildman–Crippen LogP) is 4.07. The lowest BCUT2D eigenvalue weighted by Gasteiger charge is -2.16. The zero-order chi connectivity index (χ0) is 17.6. The molecule has 0 radical (unpaired) electrons. The van der Waals surface area contributed by atoms with Crippen LogP contribution < -0.4 is 0 Å². The molecule has 1 aliphatic carbocycles. The lowest BCUT2D eigenvalue weighted by Crippen LogP contribution is -2.26. The zero-order valence-electron chi connectivity index (χ0n) is 14.1. The molecule has 1 aromatic heterocycles. The van der Waals surface area contributed by atoms with Gasteiger partial charge in [-0.15, -0.1) is 0 Å². The highest BCUT2D eigenvalue weighted by atomic mass is 16.3. The van der Waals surface area contributed by atoms with E-state index in [4.69, 9.17) is 4.42 Å². The van der Waals surface area contributed by atoms with Crippen LogP contribution in [0.25, 0.3) is 11.1 Å². The van der Waals surface area contributed by atoms with Crippen LogP contribution in [-0.2, 0) is 6.54 Å². The van der Waals surface area contributed by atoms with E-state index in [2.05, 4.69) is 0 Å². The molecule has 124 valence electrons. The van der Waals surface area contributed by atoms with E-state index in [1.165, 1.54) is 0 Å². The van der Waals surface area contributed by atoms with Gasteiger partial charge in [-0.3, -0.25) is 9.59 Å². The van der Waals surface area contributed by atoms with Crippen molar-refractivity contribution in [2.45, 2.75) is 13.5 Å². The minimum atomic E-state index is -0.138. The van der Waals surface area contributed by atoms with Gasteiger partial charge in [0.05, 0.1) is 6.54 Å². The molecule has 0 N–H and O–H groups in total. The number of carbonyl (C=O) groups excluding carboxylic acids is 2. The van der Waals surface area contributed by atoms with E-state index in [1.54, 1.807) is 24.1 Å².